The first-order chi connectivity index (χ1) is 8.64. The fraction of sp³-hybridized carbons (Fsp3) is 0.929. The molecule has 1 rings (SSSR count). The third-order valence-electron chi connectivity index (χ3n) is 3.90. The van der Waals surface area contributed by atoms with Crippen LogP contribution in [-0.4, -0.2) is 37.8 Å². The van der Waals surface area contributed by atoms with Gasteiger partial charge in [-0.05, 0) is 34.1 Å². The number of nitrogens with zero attached hydrogens (tertiary/aromatic N) is 1. The third-order valence-corrected chi connectivity index (χ3v) is 4.96. The standard InChI is InChI=1S/C14H26INO3/c1-6-10(9-15)12(17)19-11-7-13(2,3)16(18)14(4,5)8-11/h10-11,18H,6-9H2,1-5H3. The normalized spacial score (nSPS) is 25.0. The van der Waals surface area contributed by atoms with E-state index in [0.29, 0.717) is 12.8 Å². The summed E-state index contributed by atoms with van der Waals surface area (Å²) in [6.45, 7) is 9.91. The van der Waals surface area contributed by atoms with Gasteiger partial charge in [0.1, 0.15) is 6.10 Å². The molecule has 1 aliphatic rings. The Morgan fingerprint density at radius 3 is 2.21 bits per heavy atom. The summed E-state index contributed by atoms with van der Waals surface area (Å²) >= 11 is 2.23. The topological polar surface area (TPSA) is 49.8 Å². The van der Waals surface area contributed by atoms with Crippen LogP contribution >= 0.6 is 22.6 Å². The largest absolute Gasteiger partial charge is 0.462 e. The highest BCUT2D eigenvalue weighted by molar-refractivity contribution is 14.1. The summed E-state index contributed by atoms with van der Waals surface area (Å²) in [4.78, 5) is 12.1. The van der Waals surface area contributed by atoms with E-state index in [2.05, 4.69) is 22.6 Å². The maximum absolute atomic E-state index is 12.1. The Balaban J connectivity index is 2.73. The number of halogens is 1. The maximum Gasteiger partial charge on any atom is 0.309 e. The molecular formula is C14H26INO3. The van der Waals surface area contributed by atoms with Crippen molar-refractivity contribution in [2.45, 2.75) is 71.1 Å². The molecule has 1 unspecified atom stereocenters. The zero-order valence-corrected chi connectivity index (χ0v) is 14.7. The van der Waals surface area contributed by atoms with E-state index in [1.165, 1.54) is 5.06 Å². The van der Waals surface area contributed by atoms with Crippen LogP contribution in [0, 0.1) is 5.92 Å². The van der Waals surface area contributed by atoms with Crippen molar-refractivity contribution in [2.24, 2.45) is 5.92 Å². The van der Waals surface area contributed by atoms with E-state index in [9.17, 15) is 10.0 Å². The minimum Gasteiger partial charge on any atom is -0.462 e. The Labute approximate surface area is 130 Å². The van der Waals surface area contributed by atoms with Crippen LogP contribution in [0.2, 0.25) is 0 Å². The zero-order valence-electron chi connectivity index (χ0n) is 12.6. The van der Waals surface area contributed by atoms with E-state index in [4.69, 9.17) is 4.74 Å². The molecule has 0 bridgehead atoms. The molecule has 0 aromatic carbocycles. The SMILES string of the molecule is CCC(CI)C(=O)OC1CC(C)(C)N(O)C(C)(C)C1. The average molecular weight is 383 g/mol. The van der Waals surface area contributed by atoms with Gasteiger partial charge in [-0.3, -0.25) is 4.79 Å². The molecule has 5 heteroatoms. The smallest absolute Gasteiger partial charge is 0.309 e. The van der Waals surface area contributed by atoms with Crippen molar-refractivity contribution in [1.29, 1.82) is 0 Å². The predicted octanol–water partition coefficient (Wildman–Crippen LogP) is 3.40. The van der Waals surface area contributed by atoms with E-state index in [-0.39, 0.29) is 29.1 Å². The number of piperidine rings is 1. The lowest BCUT2D eigenvalue weighted by Gasteiger charge is -2.51. The Morgan fingerprint density at radius 1 is 1.37 bits per heavy atom. The van der Waals surface area contributed by atoms with E-state index in [0.717, 1.165) is 10.8 Å². The van der Waals surface area contributed by atoms with E-state index < -0.39 is 0 Å². The Kier molecular flexibility index (Phi) is 5.66. The Hall–Kier alpha value is 0.120. The van der Waals surface area contributed by atoms with Crippen molar-refractivity contribution in [2.75, 3.05) is 4.43 Å². The molecule has 4 nitrogen and oxygen atoms in total. The van der Waals surface area contributed by atoms with Crippen LogP contribution in [0.25, 0.3) is 0 Å². The molecule has 0 saturated carbocycles. The minimum atomic E-state index is -0.376. The van der Waals surface area contributed by atoms with Crippen LogP contribution < -0.4 is 0 Å². The number of ether oxygens (including phenoxy) is 1. The van der Waals surface area contributed by atoms with Gasteiger partial charge >= 0.3 is 5.97 Å². The molecule has 1 saturated heterocycles. The van der Waals surface area contributed by atoms with Crippen molar-refractivity contribution in [3.8, 4) is 0 Å². The number of rotatable bonds is 4. The number of carbonyl (C=O) groups excluding carboxylic acids is 1. The van der Waals surface area contributed by atoms with E-state index in [1.54, 1.807) is 0 Å². The first-order valence-electron chi connectivity index (χ1n) is 6.89. The summed E-state index contributed by atoms with van der Waals surface area (Å²) in [6.07, 6.45) is 2.03. The number of hydrogen-bond donors (Lipinski definition) is 1. The quantitative estimate of drug-likeness (QED) is 0.459. The molecule has 1 heterocycles. The number of carbonyl (C=O) groups is 1. The lowest BCUT2D eigenvalue weighted by atomic mass is 9.80. The summed E-state index contributed by atoms with van der Waals surface area (Å²) < 4.78 is 6.46. The zero-order chi connectivity index (χ0) is 14.8. The van der Waals surface area contributed by atoms with Gasteiger partial charge in [-0.1, -0.05) is 29.5 Å². The Morgan fingerprint density at radius 2 is 1.84 bits per heavy atom. The molecule has 0 radical (unpaired) electrons. The molecule has 0 aromatic heterocycles. The molecule has 112 valence electrons. The first-order valence-corrected chi connectivity index (χ1v) is 8.42. The summed E-state index contributed by atoms with van der Waals surface area (Å²) in [7, 11) is 0. The summed E-state index contributed by atoms with van der Waals surface area (Å²) in [6, 6.07) is 0. The molecule has 1 N–H and O–H groups in total. The van der Waals surface area contributed by atoms with Crippen molar-refractivity contribution in [1.82, 2.24) is 5.06 Å². The van der Waals surface area contributed by atoms with Gasteiger partial charge in [-0.2, -0.15) is 5.06 Å². The highest BCUT2D eigenvalue weighted by atomic mass is 127. The molecule has 1 atom stereocenters. The van der Waals surface area contributed by atoms with E-state index in [1.807, 2.05) is 34.6 Å². The molecule has 0 spiro atoms. The molecule has 0 amide bonds. The van der Waals surface area contributed by atoms with Gasteiger partial charge in [0.05, 0.1) is 5.92 Å². The van der Waals surface area contributed by atoms with Crippen molar-refractivity contribution in [3.63, 3.8) is 0 Å². The maximum atomic E-state index is 12.1. The first kappa shape index (κ1) is 17.2. The second-order valence-electron chi connectivity index (χ2n) is 6.66. The fourth-order valence-electron chi connectivity index (χ4n) is 2.86. The lowest BCUT2D eigenvalue weighted by molar-refractivity contribution is -0.259. The summed E-state index contributed by atoms with van der Waals surface area (Å²) in [5, 5.41) is 11.6. The molecule has 0 aliphatic carbocycles. The highest BCUT2D eigenvalue weighted by Crippen LogP contribution is 2.38. The van der Waals surface area contributed by atoms with Crippen LogP contribution in [0.15, 0.2) is 0 Å². The molecular weight excluding hydrogens is 357 g/mol. The molecule has 1 aliphatic heterocycles. The number of hydrogen-bond acceptors (Lipinski definition) is 4. The minimum absolute atomic E-state index is 0.0148. The molecule has 0 aromatic rings. The Bertz CT molecular complexity index is 309. The highest BCUT2D eigenvalue weighted by Gasteiger charge is 2.46. The second-order valence-corrected chi connectivity index (χ2v) is 7.54. The van der Waals surface area contributed by atoms with Gasteiger partial charge < -0.3 is 9.94 Å². The third kappa shape index (κ3) is 4.04. The van der Waals surface area contributed by atoms with Crippen molar-refractivity contribution >= 4 is 28.6 Å². The van der Waals surface area contributed by atoms with E-state index >= 15 is 0 Å². The number of esters is 1. The van der Waals surface area contributed by atoms with Gasteiger partial charge in [0.15, 0.2) is 0 Å². The van der Waals surface area contributed by atoms with Crippen molar-refractivity contribution in [3.05, 3.63) is 0 Å². The van der Waals surface area contributed by atoms with Crippen LogP contribution in [-0.2, 0) is 9.53 Å². The second kappa shape index (κ2) is 6.26. The molecule has 1 fully saturated rings. The number of alkyl halides is 1. The van der Waals surface area contributed by atoms with Crippen LogP contribution in [0.5, 0.6) is 0 Å². The van der Waals surface area contributed by atoms with Crippen LogP contribution in [0.4, 0.5) is 0 Å². The monoisotopic (exact) mass is 383 g/mol. The van der Waals surface area contributed by atoms with Crippen LogP contribution in [0.3, 0.4) is 0 Å². The number of hydroxylamine groups is 2. The fourth-order valence-corrected chi connectivity index (χ4v) is 3.84. The van der Waals surface area contributed by atoms with Crippen molar-refractivity contribution < 1.29 is 14.7 Å². The lowest BCUT2D eigenvalue weighted by Crippen LogP contribution is -2.60. The van der Waals surface area contributed by atoms with Gasteiger partial charge in [0.25, 0.3) is 0 Å². The predicted molar refractivity (Wildman–Crippen MR) is 83.6 cm³/mol. The van der Waals surface area contributed by atoms with Crippen LogP contribution in [0.1, 0.15) is 53.9 Å². The van der Waals surface area contributed by atoms with Gasteiger partial charge in [0.2, 0.25) is 0 Å². The van der Waals surface area contributed by atoms with Gasteiger partial charge in [-0.15, -0.1) is 0 Å². The average Bonchev–Trinajstić information content (AvgIpc) is 2.26. The van der Waals surface area contributed by atoms with Gasteiger partial charge in [0, 0.05) is 28.3 Å². The summed E-state index contributed by atoms with van der Waals surface area (Å²) in [5.41, 5.74) is -0.753. The van der Waals surface area contributed by atoms with Gasteiger partial charge in [-0.25, -0.2) is 0 Å². The summed E-state index contributed by atoms with van der Waals surface area (Å²) in [5.74, 6) is -0.112. The molecule has 19 heavy (non-hydrogen) atoms.